The lowest BCUT2D eigenvalue weighted by Gasteiger charge is -2.03. The van der Waals surface area contributed by atoms with Gasteiger partial charge in [0.2, 0.25) is 0 Å². The monoisotopic (exact) mass is 315 g/mol. The molecule has 0 heterocycles. The molecule has 0 aliphatic carbocycles. The molecule has 0 bridgehead atoms. The van der Waals surface area contributed by atoms with Crippen molar-refractivity contribution >= 4 is 5.97 Å². The van der Waals surface area contributed by atoms with Crippen molar-refractivity contribution in [1.29, 1.82) is 0 Å². The highest BCUT2D eigenvalue weighted by Gasteiger charge is 1.94. The fraction of sp³-hybridized carbons (Fsp3) is 0.850. The number of hydrogen-bond donors (Lipinski definition) is 1. The number of carboxylic acid groups (broad SMARTS) is 1. The lowest BCUT2D eigenvalue weighted by Crippen LogP contribution is -1.86. The predicted molar refractivity (Wildman–Crippen MR) is 96.3 cm³/mol. The first-order valence-electron chi connectivity index (χ1n) is 11.7. The Morgan fingerprint density at radius 1 is 0.864 bits per heavy atom. The summed E-state index contributed by atoms with van der Waals surface area (Å²) in [6.07, 6.45) is 12.4. The maximum absolute atomic E-state index is 10.7. The standard InChI is InChI=1S/C20H38O2/c1-2-3-4-5-6-7-8-9-10-11-12-13-14-15-16-17-18-19-20(21)22/h18-19H,2-17H2,1H3,(H,21,22)/i16D,17D2,18D,19D. The normalized spacial score (nSPS) is 17.6. The van der Waals surface area contributed by atoms with E-state index < -0.39 is 30.8 Å². The first-order valence-corrected chi connectivity index (χ1v) is 9.08. The molecule has 1 N–H and O–H groups in total. The molecule has 22 heavy (non-hydrogen) atoms. The zero-order valence-electron chi connectivity index (χ0n) is 19.3. The molecule has 2 nitrogen and oxygen atoms in total. The maximum Gasteiger partial charge on any atom is 0.327 e. The quantitative estimate of drug-likeness (QED) is 0.234. The number of rotatable bonds is 17. The van der Waals surface area contributed by atoms with Crippen LogP contribution in [0.2, 0.25) is 0 Å². The molecule has 130 valence electrons. The number of carbonyl (C=O) groups is 1. The summed E-state index contributed by atoms with van der Waals surface area (Å²) in [5, 5.41) is 8.70. The van der Waals surface area contributed by atoms with Gasteiger partial charge in [-0.25, -0.2) is 4.79 Å². The summed E-state index contributed by atoms with van der Waals surface area (Å²) < 4.78 is 38.2. The van der Waals surface area contributed by atoms with Crippen LogP contribution in [-0.2, 0) is 4.79 Å². The summed E-state index contributed by atoms with van der Waals surface area (Å²) in [5.74, 6) is -1.63. The van der Waals surface area contributed by atoms with Gasteiger partial charge in [0.25, 0.3) is 0 Å². The van der Waals surface area contributed by atoms with Gasteiger partial charge in [0.05, 0.1) is 2.74 Å². The summed E-state index contributed by atoms with van der Waals surface area (Å²) in [5.41, 5.74) is 0. The third-order valence-corrected chi connectivity index (χ3v) is 3.80. The van der Waals surface area contributed by atoms with E-state index in [0.29, 0.717) is 6.42 Å². The Hall–Kier alpha value is -0.790. The first-order chi connectivity index (χ1) is 12.7. The second-order valence-corrected chi connectivity index (χ2v) is 5.93. The number of hydrogen-bond acceptors (Lipinski definition) is 1. The van der Waals surface area contributed by atoms with Gasteiger partial charge in [-0.2, -0.15) is 0 Å². The number of carboxylic acids is 1. The van der Waals surface area contributed by atoms with Gasteiger partial charge in [-0.1, -0.05) is 103 Å². The zero-order chi connectivity index (χ0) is 20.7. The Morgan fingerprint density at radius 2 is 1.27 bits per heavy atom. The van der Waals surface area contributed by atoms with E-state index in [1.165, 1.54) is 57.8 Å². The van der Waals surface area contributed by atoms with Gasteiger partial charge in [-0.05, 0) is 12.8 Å². The van der Waals surface area contributed by atoms with Crippen LogP contribution in [0, 0.1) is 0 Å². The molecule has 0 saturated carbocycles. The topological polar surface area (TPSA) is 37.3 Å². The molecule has 2 heteroatoms. The second kappa shape index (κ2) is 18.3. The highest BCUT2D eigenvalue weighted by molar-refractivity contribution is 5.79. The average Bonchev–Trinajstić information content (AvgIpc) is 2.63. The van der Waals surface area contributed by atoms with Gasteiger partial charge in [-0.3, -0.25) is 0 Å². The summed E-state index contributed by atoms with van der Waals surface area (Å²) in [6.45, 7) is 2.23. The SMILES string of the molecule is [2H]C(C(=O)O)=C([2H])C([2H])([2H])C([2H])CCCCCCCCCCCCCCC. The zero-order valence-corrected chi connectivity index (χ0v) is 14.3. The van der Waals surface area contributed by atoms with Crippen LogP contribution in [0.1, 0.15) is 116 Å². The van der Waals surface area contributed by atoms with Crippen molar-refractivity contribution in [3.63, 3.8) is 0 Å². The second-order valence-electron chi connectivity index (χ2n) is 5.93. The fourth-order valence-electron chi connectivity index (χ4n) is 2.48. The van der Waals surface area contributed by atoms with Crippen LogP contribution in [0.15, 0.2) is 12.1 Å². The largest absolute Gasteiger partial charge is 0.478 e. The van der Waals surface area contributed by atoms with Crippen LogP contribution in [0.25, 0.3) is 0 Å². The van der Waals surface area contributed by atoms with Crippen molar-refractivity contribution in [2.45, 2.75) is 110 Å². The summed E-state index contributed by atoms with van der Waals surface area (Å²) >= 11 is 0. The van der Waals surface area contributed by atoms with E-state index in [1.54, 1.807) is 0 Å². The van der Waals surface area contributed by atoms with Crippen molar-refractivity contribution < 1.29 is 16.8 Å². The molecule has 0 aromatic heterocycles. The van der Waals surface area contributed by atoms with Crippen molar-refractivity contribution in [3.8, 4) is 0 Å². The van der Waals surface area contributed by atoms with Gasteiger partial charge >= 0.3 is 5.97 Å². The van der Waals surface area contributed by atoms with Gasteiger partial charge < -0.3 is 5.11 Å². The van der Waals surface area contributed by atoms with Crippen LogP contribution in [0.4, 0.5) is 0 Å². The maximum atomic E-state index is 10.7. The van der Waals surface area contributed by atoms with E-state index >= 15 is 0 Å². The Morgan fingerprint density at radius 3 is 1.68 bits per heavy atom. The summed E-state index contributed by atoms with van der Waals surface area (Å²) in [4.78, 5) is 10.7. The van der Waals surface area contributed by atoms with Gasteiger partial charge in [0.1, 0.15) is 0 Å². The van der Waals surface area contributed by atoms with Crippen LogP contribution in [-0.4, -0.2) is 11.1 Å². The lowest BCUT2D eigenvalue weighted by atomic mass is 10.0. The van der Waals surface area contributed by atoms with E-state index in [4.69, 9.17) is 12.0 Å². The third-order valence-electron chi connectivity index (χ3n) is 3.80. The summed E-state index contributed by atoms with van der Waals surface area (Å²) in [6, 6.07) is -1.98. The Kier molecular flexibility index (Phi) is 11.3. The molecular weight excluding hydrogens is 272 g/mol. The molecule has 0 saturated heterocycles. The molecule has 1 atom stereocenters. The Balaban J connectivity index is 3.75. The Bertz CT molecular complexity index is 438. The van der Waals surface area contributed by atoms with Gasteiger partial charge in [0, 0.05) is 10.2 Å². The number of aliphatic carboxylic acids is 1. The van der Waals surface area contributed by atoms with E-state index in [2.05, 4.69) is 6.92 Å². The molecular formula is C20H38O2. The highest BCUT2D eigenvalue weighted by Crippen LogP contribution is 2.13. The van der Waals surface area contributed by atoms with Gasteiger partial charge in [-0.15, -0.1) is 0 Å². The number of allylic oxidation sites excluding steroid dienone is 1. The van der Waals surface area contributed by atoms with Crippen molar-refractivity contribution in [1.82, 2.24) is 0 Å². The molecule has 0 fully saturated rings. The average molecular weight is 316 g/mol. The lowest BCUT2D eigenvalue weighted by molar-refractivity contribution is -0.131. The molecule has 0 aliphatic heterocycles. The van der Waals surface area contributed by atoms with Crippen molar-refractivity contribution in [2.24, 2.45) is 0 Å². The third kappa shape index (κ3) is 19.2. The van der Waals surface area contributed by atoms with Crippen LogP contribution in [0.3, 0.4) is 0 Å². The summed E-state index contributed by atoms with van der Waals surface area (Å²) in [7, 11) is 0. The minimum atomic E-state index is -2.40. The van der Waals surface area contributed by atoms with Gasteiger partial charge in [0.15, 0.2) is 0 Å². The van der Waals surface area contributed by atoms with E-state index in [1.807, 2.05) is 0 Å². The number of unbranched alkanes of at least 4 members (excludes halogenated alkanes) is 12. The van der Waals surface area contributed by atoms with Crippen LogP contribution >= 0.6 is 0 Å². The minimum absolute atomic E-state index is 0.278. The van der Waals surface area contributed by atoms with E-state index in [0.717, 1.165) is 19.3 Å². The van der Waals surface area contributed by atoms with Crippen LogP contribution in [0.5, 0.6) is 0 Å². The van der Waals surface area contributed by atoms with Crippen molar-refractivity contribution in [3.05, 3.63) is 12.1 Å². The van der Waals surface area contributed by atoms with Crippen molar-refractivity contribution in [2.75, 3.05) is 0 Å². The van der Waals surface area contributed by atoms with E-state index in [-0.39, 0.29) is 6.42 Å². The Labute approximate surface area is 145 Å². The smallest absolute Gasteiger partial charge is 0.327 e. The molecule has 1 unspecified atom stereocenters. The molecule has 0 aromatic rings. The molecule has 0 rings (SSSR count). The molecule has 0 amide bonds. The predicted octanol–water partition coefficient (Wildman–Crippen LogP) is 6.89. The van der Waals surface area contributed by atoms with E-state index in [9.17, 15) is 4.79 Å². The molecule has 0 spiro atoms. The first kappa shape index (κ1) is 13.6. The minimum Gasteiger partial charge on any atom is -0.478 e. The molecule has 0 aromatic carbocycles. The van der Waals surface area contributed by atoms with Crippen LogP contribution < -0.4 is 0 Å². The molecule has 0 radical (unpaired) electrons. The highest BCUT2D eigenvalue weighted by atomic mass is 16.4. The molecule has 0 aliphatic rings. The fourth-order valence-corrected chi connectivity index (χ4v) is 2.48.